The van der Waals surface area contributed by atoms with E-state index in [9.17, 15) is 8.42 Å². The van der Waals surface area contributed by atoms with E-state index in [4.69, 9.17) is 0 Å². The van der Waals surface area contributed by atoms with E-state index in [1.165, 1.54) is 26.4 Å². The number of pyridine rings is 1. The van der Waals surface area contributed by atoms with Gasteiger partial charge in [-0.05, 0) is 12.1 Å². The quantitative estimate of drug-likeness (QED) is 0.669. The van der Waals surface area contributed by atoms with E-state index >= 15 is 0 Å². The lowest BCUT2D eigenvalue weighted by molar-refractivity contribution is 0.517. The molecular weight excluding hydrogens is 176 g/mol. The van der Waals surface area contributed by atoms with Gasteiger partial charge in [-0.2, -0.15) is 0 Å². The Hall–Kier alpha value is -0.940. The highest BCUT2D eigenvalue weighted by Crippen LogP contribution is 2.07. The summed E-state index contributed by atoms with van der Waals surface area (Å²) in [4.78, 5) is 3.74. The minimum atomic E-state index is -3.35. The van der Waals surface area contributed by atoms with Gasteiger partial charge in [-0.1, -0.05) is 6.07 Å². The van der Waals surface area contributed by atoms with E-state index in [0.29, 0.717) is 0 Å². The third-order valence-corrected chi connectivity index (χ3v) is 3.11. The van der Waals surface area contributed by atoms with E-state index in [-0.39, 0.29) is 5.03 Å². The fourth-order valence-electron chi connectivity index (χ4n) is 0.687. The zero-order valence-electron chi connectivity index (χ0n) is 6.93. The molecule has 0 fully saturated rings. The van der Waals surface area contributed by atoms with Crippen LogP contribution in [0.1, 0.15) is 0 Å². The van der Waals surface area contributed by atoms with Crippen LogP contribution in [-0.4, -0.2) is 31.8 Å². The number of nitrogens with zero attached hydrogens (tertiary/aromatic N) is 2. The van der Waals surface area contributed by atoms with Crippen molar-refractivity contribution in [3.8, 4) is 0 Å². The van der Waals surface area contributed by atoms with Gasteiger partial charge in [0.25, 0.3) is 10.0 Å². The van der Waals surface area contributed by atoms with Crippen LogP contribution in [0.4, 0.5) is 0 Å². The molecule has 0 bridgehead atoms. The lowest BCUT2D eigenvalue weighted by atomic mass is 10.5. The Bertz CT molecular complexity index is 345. The molecule has 4 nitrogen and oxygen atoms in total. The second-order valence-corrected chi connectivity index (χ2v) is 4.55. The van der Waals surface area contributed by atoms with Crippen LogP contribution in [0.3, 0.4) is 0 Å². The number of sulfonamides is 1. The molecule has 0 spiro atoms. The Balaban J connectivity index is 3.17. The Morgan fingerprint density at radius 2 is 2.00 bits per heavy atom. The van der Waals surface area contributed by atoms with Crippen LogP contribution in [0.2, 0.25) is 0 Å². The van der Waals surface area contributed by atoms with Gasteiger partial charge in [0.2, 0.25) is 0 Å². The highest BCUT2D eigenvalue weighted by atomic mass is 32.2. The van der Waals surface area contributed by atoms with Crippen LogP contribution in [0.25, 0.3) is 0 Å². The van der Waals surface area contributed by atoms with Crippen molar-refractivity contribution in [1.82, 2.24) is 9.29 Å². The largest absolute Gasteiger partial charge is 0.260 e. The molecule has 0 amide bonds. The molecule has 5 heteroatoms. The molecule has 0 saturated carbocycles. The summed E-state index contributed by atoms with van der Waals surface area (Å²) in [6, 6.07) is 4.79. The zero-order chi connectivity index (χ0) is 9.19. The molecule has 0 aliphatic rings. The summed E-state index contributed by atoms with van der Waals surface area (Å²) in [5.41, 5.74) is 0. The maximum atomic E-state index is 11.4. The molecule has 0 aliphatic heterocycles. The summed E-state index contributed by atoms with van der Waals surface area (Å²) in [5.74, 6) is 0. The molecule has 0 aliphatic carbocycles. The number of hydrogen-bond donors (Lipinski definition) is 0. The number of hydrogen-bond acceptors (Lipinski definition) is 3. The molecule has 0 unspecified atom stereocenters. The van der Waals surface area contributed by atoms with Gasteiger partial charge in [0.05, 0.1) is 0 Å². The van der Waals surface area contributed by atoms with Crippen LogP contribution < -0.4 is 0 Å². The minimum absolute atomic E-state index is 0.0787. The highest BCUT2D eigenvalue weighted by molar-refractivity contribution is 7.89. The molecule has 0 saturated heterocycles. The van der Waals surface area contributed by atoms with Gasteiger partial charge >= 0.3 is 0 Å². The van der Waals surface area contributed by atoms with Crippen LogP contribution >= 0.6 is 0 Å². The van der Waals surface area contributed by atoms with E-state index in [1.54, 1.807) is 12.1 Å². The first-order chi connectivity index (χ1) is 5.55. The molecule has 0 atom stereocenters. The summed E-state index contributed by atoms with van der Waals surface area (Å²) in [5, 5.41) is 0.0787. The summed E-state index contributed by atoms with van der Waals surface area (Å²) in [6.07, 6.45) is 1.45. The predicted octanol–water partition coefficient (Wildman–Crippen LogP) is 0.332. The molecule has 0 radical (unpaired) electrons. The van der Waals surface area contributed by atoms with E-state index in [2.05, 4.69) is 4.98 Å². The van der Waals surface area contributed by atoms with Crippen molar-refractivity contribution in [1.29, 1.82) is 0 Å². The molecule has 66 valence electrons. The number of aromatic nitrogens is 1. The predicted molar refractivity (Wildman–Crippen MR) is 45.1 cm³/mol. The second-order valence-electron chi connectivity index (χ2n) is 2.46. The average Bonchev–Trinajstić information content (AvgIpc) is 2.06. The van der Waals surface area contributed by atoms with Crippen molar-refractivity contribution in [2.45, 2.75) is 5.03 Å². The smallest absolute Gasteiger partial charge is 0.243 e. The van der Waals surface area contributed by atoms with Crippen molar-refractivity contribution in [2.75, 3.05) is 14.1 Å². The minimum Gasteiger partial charge on any atom is -0.243 e. The van der Waals surface area contributed by atoms with Gasteiger partial charge < -0.3 is 0 Å². The fourth-order valence-corrected chi connectivity index (χ4v) is 1.51. The standard InChI is InChI=1S/C7H10N2O2S/c1-9(2)12(10,11)7-5-3-4-6-8-7/h3-6H,1-2H3. The van der Waals surface area contributed by atoms with Crippen LogP contribution in [0.15, 0.2) is 29.4 Å². The van der Waals surface area contributed by atoms with Gasteiger partial charge in [0.15, 0.2) is 5.03 Å². The van der Waals surface area contributed by atoms with Crippen LogP contribution in [0, 0.1) is 0 Å². The SMILES string of the molecule is CN(C)S(=O)(=O)c1ccccn1. The molecule has 0 aromatic carbocycles. The van der Waals surface area contributed by atoms with Crippen molar-refractivity contribution in [3.63, 3.8) is 0 Å². The topological polar surface area (TPSA) is 50.3 Å². The van der Waals surface area contributed by atoms with E-state index in [1.807, 2.05) is 0 Å². The maximum absolute atomic E-state index is 11.4. The third-order valence-electron chi connectivity index (χ3n) is 1.38. The van der Waals surface area contributed by atoms with Gasteiger partial charge in [-0.3, -0.25) is 0 Å². The van der Waals surface area contributed by atoms with E-state index in [0.717, 1.165) is 4.31 Å². The van der Waals surface area contributed by atoms with Crippen molar-refractivity contribution in [2.24, 2.45) is 0 Å². The van der Waals surface area contributed by atoms with Gasteiger partial charge in [0.1, 0.15) is 0 Å². The normalized spacial score (nSPS) is 11.9. The first-order valence-corrected chi connectivity index (χ1v) is 4.83. The zero-order valence-corrected chi connectivity index (χ0v) is 7.75. The molecule has 1 aromatic heterocycles. The molecule has 12 heavy (non-hydrogen) atoms. The van der Waals surface area contributed by atoms with Gasteiger partial charge in [0, 0.05) is 20.3 Å². The molecular formula is C7H10N2O2S. The summed E-state index contributed by atoms with van der Waals surface area (Å²) < 4.78 is 23.9. The Kier molecular flexibility index (Phi) is 2.44. The van der Waals surface area contributed by atoms with E-state index < -0.39 is 10.0 Å². The van der Waals surface area contributed by atoms with Gasteiger partial charge in [-0.15, -0.1) is 0 Å². The first kappa shape index (κ1) is 9.15. The third kappa shape index (κ3) is 1.62. The second kappa shape index (κ2) is 3.20. The van der Waals surface area contributed by atoms with Crippen LogP contribution in [-0.2, 0) is 10.0 Å². The van der Waals surface area contributed by atoms with Crippen molar-refractivity contribution in [3.05, 3.63) is 24.4 Å². The molecule has 1 rings (SSSR count). The molecule has 1 aromatic rings. The lowest BCUT2D eigenvalue weighted by Gasteiger charge is -2.09. The monoisotopic (exact) mass is 186 g/mol. The molecule has 1 heterocycles. The first-order valence-electron chi connectivity index (χ1n) is 3.38. The summed E-state index contributed by atoms with van der Waals surface area (Å²) in [7, 11) is -0.402. The Morgan fingerprint density at radius 3 is 2.42 bits per heavy atom. The highest BCUT2D eigenvalue weighted by Gasteiger charge is 2.17. The van der Waals surface area contributed by atoms with Crippen molar-refractivity contribution < 1.29 is 8.42 Å². The van der Waals surface area contributed by atoms with Crippen LogP contribution in [0.5, 0.6) is 0 Å². The Morgan fingerprint density at radius 1 is 1.33 bits per heavy atom. The summed E-state index contributed by atoms with van der Waals surface area (Å²) in [6.45, 7) is 0. The maximum Gasteiger partial charge on any atom is 0.260 e. The van der Waals surface area contributed by atoms with Gasteiger partial charge in [-0.25, -0.2) is 17.7 Å². The fraction of sp³-hybridized carbons (Fsp3) is 0.286. The van der Waals surface area contributed by atoms with Crippen molar-refractivity contribution >= 4 is 10.0 Å². The lowest BCUT2D eigenvalue weighted by Crippen LogP contribution is -2.22. The summed E-state index contributed by atoms with van der Waals surface area (Å²) >= 11 is 0. The average molecular weight is 186 g/mol. The molecule has 0 N–H and O–H groups in total. The Labute approximate surface area is 71.9 Å². The number of rotatable bonds is 2.